The molecule has 0 saturated carbocycles. The fourth-order valence-corrected chi connectivity index (χ4v) is 1.89. The van der Waals surface area contributed by atoms with Crippen LogP contribution in [0, 0.1) is 0 Å². The summed E-state index contributed by atoms with van der Waals surface area (Å²) in [5.74, 6) is 0.264. The van der Waals surface area contributed by atoms with Gasteiger partial charge in [0.15, 0.2) is 0 Å². The number of carbonyl (C=O) groups excluding carboxylic acids is 1. The van der Waals surface area contributed by atoms with Crippen LogP contribution in [0.15, 0.2) is 53.2 Å². The van der Waals surface area contributed by atoms with Crippen molar-refractivity contribution in [1.29, 1.82) is 0 Å². The molecule has 98 valence electrons. The highest BCUT2D eigenvalue weighted by molar-refractivity contribution is 5.80. The second-order valence-corrected chi connectivity index (χ2v) is 4.61. The Morgan fingerprint density at radius 3 is 2.79 bits per heavy atom. The van der Waals surface area contributed by atoms with Gasteiger partial charge in [-0.15, -0.1) is 0 Å². The molecule has 1 heterocycles. The lowest BCUT2D eigenvalue weighted by molar-refractivity contribution is -0.118. The van der Waals surface area contributed by atoms with Crippen molar-refractivity contribution >= 4 is 17.7 Å². The number of aliphatic imine (C=N–C) groups is 1. The minimum absolute atomic E-state index is 0.264. The van der Waals surface area contributed by atoms with Crippen LogP contribution in [0.3, 0.4) is 0 Å². The Kier molecular flexibility index (Phi) is 4.67. The number of aryl methyl sites for hydroxylation is 1. The summed E-state index contributed by atoms with van der Waals surface area (Å²) in [7, 11) is 0. The van der Waals surface area contributed by atoms with E-state index in [-0.39, 0.29) is 5.78 Å². The van der Waals surface area contributed by atoms with Crippen molar-refractivity contribution in [3.63, 3.8) is 0 Å². The molecule has 1 aliphatic rings. The molecule has 0 aromatic heterocycles. The van der Waals surface area contributed by atoms with Gasteiger partial charge >= 0.3 is 0 Å². The summed E-state index contributed by atoms with van der Waals surface area (Å²) in [6.45, 7) is 0. The maximum Gasteiger partial charge on any atom is 0.137 e. The van der Waals surface area contributed by atoms with Crippen LogP contribution in [0.25, 0.3) is 0 Å². The van der Waals surface area contributed by atoms with E-state index in [0.29, 0.717) is 12.8 Å². The van der Waals surface area contributed by atoms with Gasteiger partial charge in [0, 0.05) is 37.4 Å². The summed E-state index contributed by atoms with van der Waals surface area (Å²) in [5.41, 5.74) is 8.69. The molecule has 0 unspecified atom stereocenters. The number of rotatable bonds is 5. The summed E-state index contributed by atoms with van der Waals surface area (Å²) in [6, 6.07) is 7.69. The lowest BCUT2D eigenvalue weighted by atomic mass is 10.0. The van der Waals surface area contributed by atoms with E-state index < -0.39 is 0 Å². The van der Waals surface area contributed by atoms with E-state index in [0.717, 1.165) is 29.7 Å². The Bertz CT molecular complexity index is 524. The van der Waals surface area contributed by atoms with E-state index in [1.165, 1.54) is 0 Å². The van der Waals surface area contributed by atoms with E-state index in [2.05, 4.69) is 4.99 Å². The minimum Gasteiger partial charge on any atom is -0.399 e. The molecule has 2 rings (SSSR count). The number of hydrogen-bond acceptors (Lipinski definition) is 3. The van der Waals surface area contributed by atoms with Gasteiger partial charge in [0.25, 0.3) is 0 Å². The number of ketones is 1. The van der Waals surface area contributed by atoms with E-state index in [1.807, 2.05) is 42.6 Å². The molecule has 0 atom stereocenters. The van der Waals surface area contributed by atoms with Gasteiger partial charge < -0.3 is 5.73 Å². The largest absolute Gasteiger partial charge is 0.399 e. The highest BCUT2D eigenvalue weighted by Crippen LogP contribution is 2.11. The number of nitrogens with two attached hydrogens (primary N) is 1. The quantitative estimate of drug-likeness (QED) is 0.821. The summed E-state index contributed by atoms with van der Waals surface area (Å²) < 4.78 is 0. The van der Waals surface area contributed by atoms with Gasteiger partial charge in [0.1, 0.15) is 5.78 Å². The van der Waals surface area contributed by atoms with Crippen molar-refractivity contribution in [2.75, 3.05) is 5.73 Å². The number of nitrogens with zero attached hydrogens (tertiary/aromatic N) is 1. The Morgan fingerprint density at radius 2 is 2.11 bits per heavy atom. The van der Waals surface area contributed by atoms with Crippen LogP contribution in [0.5, 0.6) is 0 Å². The third-order valence-electron chi connectivity index (χ3n) is 3.07. The van der Waals surface area contributed by atoms with Crippen molar-refractivity contribution in [3.8, 4) is 0 Å². The number of allylic oxidation sites excluding steroid dienone is 3. The Labute approximate surface area is 113 Å². The number of carbonyl (C=O) groups is 1. The number of anilines is 1. The molecule has 3 heteroatoms. The molecular formula is C16H18N2O. The summed E-state index contributed by atoms with van der Waals surface area (Å²) >= 11 is 0. The second-order valence-electron chi connectivity index (χ2n) is 4.61. The number of nitrogen functional groups attached to an aromatic ring is 1. The topological polar surface area (TPSA) is 55.5 Å². The van der Waals surface area contributed by atoms with Gasteiger partial charge in [-0.3, -0.25) is 9.79 Å². The van der Waals surface area contributed by atoms with Crippen LogP contribution in [-0.2, 0) is 11.2 Å². The van der Waals surface area contributed by atoms with Crippen LogP contribution >= 0.6 is 0 Å². The molecule has 0 fully saturated rings. The van der Waals surface area contributed by atoms with Crippen LogP contribution in [0.1, 0.15) is 24.8 Å². The fourth-order valence-electron chi connectivity index (χ4n) is 1.89. The lowest BCUT2D eigenvalue weighted by Gasteiger charge is -2.03. The number of benzene rings is 1. The van der Waals surface area contributed by atoms with E-state index in [1.54, 1.807) is 6.20 Å². The van der Waals surface area contributed by atoms with Crippen LogP contribution in [0.2, 0.25) is 0 Å². The summed E-state index contributed by atoms with van der Waals surface area (Å²) in [5, 5.41) is 0. The minimum atomic E-state index is 0.264. The van der Waals surface area contributed by atoms with Gasteiger partial charge in [-0.25, -0.2) is 0 Å². The first-order valence-corrected chi connectivity index (χ1v) is 6.47. The monoisotopic (exact) mass is 254 g/mol. The summed E-state index contributed by atoms with van der Waals surface area (Å²) in [4.78, 5) is 15.8. The van der Waals surface area contributed by atoms with E-state index >= 15 is 0 Å². The van der Waals surface area contributed by atoms with Crippen LogP contribution in [-0.4, -0.2) is 12.0 Å². The first-order chi connectivity index (χ1) is 9.24. The van der Waals surface area contributed by atoms with Crippen molar-refractivity contribution < 1.29 is 4.79 Å². The third-order valence-corrected chi connectivity index (χ3v) is 3.07. The van der Waals surface area contributed by atoms with Crippen molar-refractivity contribution in [2.45, 2.75) is 25.7 Å². The van der Waals surface area contributed by atoms with Crippen LogP contribution < -0.4 is 5.73 Å². The van der Waals surface area contributed by atoms with Gasteiger partial charge in [0.2, 0.25) is 0 Å². The predicted molar refractivity (Wildman–Crippen MR) is 79.1 cm³/mol. The second kappa shape index (κ2) is 6.69. The normalized spacial score (nSPS) is 15.9. The van der Waals surface area contributed by atoms with E-state index in [9.17, 15) is 4.79 Å². The van der Waals surface area contributed by atoms with Crippen molar-refractivity contribution in [2.24, 2.45) is 4.99 Å². The first-order valence-electron chi connectivity index (χ1n) is 6.47. The molecule has 2 N–H and O–H groups in total. The maximum absolute atomic E-state index is 11.8. The lowest BCUT2D eigenvalue weighted by Crippen LogP contribution is -1.99. The average Bonchev–Trinajstić information content (AvgIpc) is 2.45. The molecule has 0 bridgehead atoms. The zero-order valence-corrected chi connectivity index (χ0v) is 10.9. The highest BCUT2D eigenvalue weighted by atomic mass is 16.1. The smallest absolute Gasteiger partial charge is 0.137 e. The Morgan fingerprint density at radius 1 is 1.32 bits per heavy atom. The molecule has 0 saturated heterocycles. The maximum atomic E-state index is 11.8. The molecule has 1 aromatic carbocycles. The Hall–Kier alpha value is -2.16. The van der Waals surface area contributed by atoms with Gasteiger partial charge in [0.05, 0.1) is 0 Å². The number of hydrogen-bond donors (Lipinski definition) is 1. The fraction of sp³-hybridized carbons (Fsp3) is 0.250. The van der Waals surface area contributed by atoms with Crippen molar-refractivity contribution in [3.05, 3.63) is 53.8 Å². The molecule has 1 aliphatic heterocycles. The standard InChI is InChI=1S/C16H18N2O/c17-15-5-1-13(2-6-15)3-7-16(19)8-4-14-9-11-18-12-10-14/h1-2,4-6,9,11-12H,3,7-8,10,17H2/b14-4+. The van der Waals surface area contributed by atoms with Gasteiger partial charge in [-0.05, 0) is 35.8 Å². The molecule has 19 heavy (non-hydrogen) atoms. The van der Waals surface area contributed by atoms with Crippen LogP contribution in [0.4, 0.5) is 5.69 Å². The Balaban J connectivity index is 1.77. The molecular weight excluding hydrogens is 236 g/mol. The zero-order chi connectivity index (χ0) is 13.5. The average molecular weight is 254 g/mol. The highest BCUT2D eigenvalue weighted by Gasteiger charge is 2.02. The zero-order valence-electron chi connectivity index (χ0n) is 10.9. The SMILES string of the molecule is Nc1ccc(CCC(=O)C/C=C2\C=CN=CC2)cc1. The molecule has 1 aromatic rings. The predicted octanol–water partition coefficient (Wildman–Crippen LogP) is 3.08. The van der Waals surface area contributed by atoms with Crippen molar-refractivity contribution in [1.82, 2.24) is 0 Å². The van der Waals surface area contributed by atoms with Gasteiger partial charge in [-0.1, -0.05) is 18.2 Å². The molecule has 0 amide bonds. The van der Waals surface area contributed by atoms with Gasteiger partial charge in [-0.2, -0.15) is 0 Å². The third kappa shape index (κ3) is 4.54. The molecule has 0 radical (unpaired) electrons. The number of Topliss-reactive ketones (excluding diaryl/α,β-unsaturated/α-hetero) is 1. The molecule has 0 aliphatic carbocycles. The summed E-state index contributed by atoms with van der Waals surface area (Å²) in [6.07, 6.45) is 10.2. The first kappa shape index (κ1) is 13.3. The van der Waals surface area contributed by atoms with E-state index in [4.69, 9.17) is 5.73 Å². The molecule has 3 nitrogen and oxygen atoms in total. The molecule has 0 spiro atoms.